The Labute approximate surface area is 122 Å². The average molecular weight is 290 g/mol. The summed E-state index contributed by atoms with van der Waals surface area (Å²) in [5, 5.41) is 10.6. The molecule has 0 aromatic carbocycles. The number of carbonyl (C=O) groups excluding carboxylic acids is 1. The molecule has 0 radical (unpaired) electrons. The van der Waals surface area contributed by atoms with Crippen molar-refractivity contribution in [1.29, 1.82) is 0 Å². The average Bonchev–Trinajstić information content (AvgIpc) is 2.37. The van der Waals surface area contributed by atoms with Gasteiger partial charge in [-0.3, -0.25) is 0 Å². The summed E-state index contributed by atoms with van der Waals surface area (Å²) < 4.78 is 10.5. The summed E-state index contributed by atoms with van der Waals surface area (Å²) in [6.45, 7) is 7.25. The van der Waals surface area contributed by atoms with E-state index < -0.39 is 5.97 Å². The van der Waals surface area contributed by atoms with Crippen molar-refractivity contribution >= 4 is 16.9 Å². The number of carbonyl (C=O) groups is 1. The van der Waals surface area contributed by atoms with E-state index in [1.165, 1.54) is 6.20 Å². The van der Waals surface area contributed by atoms with E-state index in [-0.39, 0.29) is 23.7 Å². The van der Waals surface area contributed by atoms with E-state index >= 15 is 0 Å². The highest BCUT2D eigenvalue weighted by molar-refractivity contribution is 5.97. The highest BCUT2D eigenvalue weighted by Gasteiger charge is 2.19. The molecule has 0 aliphatic carbocycles. The van der Waals surface area contributed by atoms with Crippen molar-refractivity contribution in [3.8, 4) is 11.6 Å². The van der Waals surface area contributed by atoms with Crippen LogP contribution in [0, 0.1) is 0 Å². The van der Waals surface area contributed by atoms with Gasteiger partial charge in [0.25, 0.3) is 0 Å². The molecule has 0 spiro atoms. The second kappa shape index (κ2) is 5.95. The van der Waals surface area contributed by atoms with Gasteiger partial charge in [0.15, 0.2) is 11.4 Å². The molecule has 2 heterocycles. The number of pyridine rings is 2. The number of hydrogen-bond donors (Lipinski definition) is 1. The van der Waals surface area contributed by atoms with Crippen LogP contribution in [-0.2, 0) is 4.74 Å². The molecule has 0 aliphatic heterocycles. The van der Waals surface area contributed by atoms with Crippen molar-refractivity contribution in [2.45, 2.75) is 39.9 Å². The lowest BCUT2D eigenvalue weighted by Gasteiger charge is -2.11. The Morgan fingerprint density at radius 3 is 2.52 bits per heavy atom. The van der Waals surface area contributed by atoms with Gasteiger partial charge in [0, 0.05) is 11.5 Å². The summed E-state index contributed by atoms with van der Waals surface area (Å²) in [7, 11) is 0. The molecule has 6 heteroatoms. The molecule has 2 aromatic heterocycles. The van der Waals surface area contributed by atoms with Crippen LogP contribution in [-0.4, -0.2) is 33.3 Å². The first-order chi connectivity index (χ1) is 9.88. The van der Waals surface area contributed by atoms with E-state index in [4.69, 9.17) is 9.47 Å². The highest BCUT2D eigenvalue weighted by atomic mass is 16.5. The smallest absolute Gasteiger partial charge is 0.361 e. The molecule has 0 fully saturated rings. The zero-order chi connectivity index (χ0) is 15.6. The maximum absolute atomic E-state index is 11.8. The molecule has 6 nitrogen and oxygen atoms in total. The van der Waals surface area contributed by atoms with Crippen LogP contribution in [0.15, 0.2) is 18.3 Å². The normalized spacial score (nSPS) is 11.1. The van der Waals surface area contributed by atoms with Crippen molar-refractivity contribution in [1.82, 2.24) is 9.97 Å². The van der Waals surface area contributed by atoms with Crippen LogP contribution >= 0.6 is 0 Å². The Balaban J connectivity index is 2.41. The summed E-state index contributed by atoms with van der Waals surface area (Å²) in [6, 6.07) is 3.28. The Morgan fingerprint density at radius 1 is 1.19 bits per heavy atom. The van der Waals surface area contributed by atoms with Crippen LogP contribution in [0.1, 0.15) is 38.2 Å². The summed E-state index contributed by atoms with van der Waals surface area (Å²) >= 11 is 0. The number of ether oxygens (including phenoxy) is 2. The summed E-state index contributed by atoms with van der Waals surface area (Å²) in [5.41, 5.74) is 0.335. The fourth-order valence-corrected chi connectivity index (χ4v) is 1.80. The second-order valence-electron chi connectivity index (χ2n) is 5.16. The SMILES string of the molecule is CC(C)OC(=O)c1ncc2nc(OC(C)C)ccc2c1O. The molecular weight excluding hydrogens is 272 g/mol. The molecule has 112 valence electrons. The van der Waals surface area contributed by atoms with Crippen LogP contribution in [0.25, 0.3) is 10.9 Å². The van der Waals surface area contributed by atoms with Gasteiger partial charge in [-0.1, -0.05) is 0 Å². The van der Waals surface area contributed by atoms with Crippen molar-refractivity contribution in [3.63, 3.8) is 0 Å². The molecule has 2 rings (SSSR count). The number of hydrogen-bond acceptors (Lipinski definition) is 6. The molecule has 0 atom stereocenters. The van der Waals surface area contributed by atoms with Crippen LogP contribution in [0.4, 0.5) is 0 Å². The number of esters is 1. The lowest BCUT2D eigenvalue weighted by Crippen LogP contribution is -2.13. The monoisotopic (exact) mass is 290 g/mol. The zero-order valence-electron chi connectivity index (χ0n) is 12.5. The van der Waals surface area contributed by atoms with Crippen LogP contribution in [0.2, 0.25) is 0 Å². The molecular formula is C15H18N2O4. The fourth-order valence-electron chi connectivity index (χ4n) is 1.80. The predicted octanol–water partition coefficient (Wildman–Crippen LogP) is 2.69. The van der Waals surface area contributed by atoms with Gasteiger partial charge < -0.3 is 14.6 Å². The molecule has 0 saturated heterocycles. The molecule has 21 heavy (non-hydrogen) atoms. The predicted molar refractivity (Wildman–Crippen MR) is 77.5 cm³/mol. The van der Waals surface area contributed by atoms with Crippen LogP contribution < -0.4 is 4.74 Å². The van der Waals surface area contributed by atoms with Gasteiger partial charge in [-0.25, -0.2) is 14.8 Å². The summed E-state index contributed by atoms with van der Waals surface area (Å²) in [4.78, 5) is 20.0. The number of fused-ring (bicyclic) bond motifs is 1. The Bertz CT molecular complexity index is 668. The van der Waals surface area contributed by atoms with Crippen molar-refractivity contribution in [2.75, 3.05) is 0 Å². The van der Waals surface area contributed by atoms with E-state index in [0.717, 1.165) is 0 Å². The molecule has 2 aromatic rings. The second-order valence-corrected chi connectivity index (χ2v) is 5.16. The third-order valence-electron chi connectivity index (χ3n) is 2.59. The zero-order valence-corrected chi connectivity index (χ0v) is 12.5. The fraction of sp³-hybridized carbons (Fsp3) is 0.400. The number of aromatic nitrogens is 2. The minimum atomic E-state index is -0.660. The van der Waals surface area contributed by atoms with Gasteiger partial charge in [-0.05, 0) is 33.8 Å². The Morgan fingerprint density at radius 2 is 1.90 bits per heavy atom. The molecule has 0 bridgehead atoms. The third-order valence-corrected chi connectivity index (χ3v) is 2.59. The van der Waals surface area contributed by atoms with Gasteiger partial charge >= 0.3 is 5.97 Å². The molecule has 1 N–H and O–H groups in total. The lowest BCUT2D eigenvalue weighted by molar-refractivity contribution is 0.0368. The van der Waals surface area contributed by atoms with Gasteiger partial charge in [0.05, 0.1) is 23.9 Å². The Kier molecular flexibility index (Phi) is 4.26. The van der Waals surface area contributed by atoms with E-state index in [2.05, 4.69) is 9.97 Å². The van der Waals surface area contributed by atoms with Gasteiger partial charge in [-0.15, -0.1) is 0 Å². The topological polar surface area (TPSA) is 81.5 Å². The van der Waals surface area contributed by atoms with Gasteiger partial charge in [-0.2, -0.15) is 0 Å². The van der Waals surface area contributed by atoms with Gasteiger partial charge in [0.1, 0.15) is 0 Å². The minimum Gasteiger partial charge on any atom is -0.505 e. The summed E-state index contributed by atoms with van der Waals surface area (Å²) in [6.07, 6.45) is 1.13. The number of nitrogens with zero attached hydrogens (tertiary/aromatic N) is 2. The van der Waals surface area contributed by atoms with Crippen molar-refractivity contribution < 1.29 is 19.4 Å². The first kappa shape index (κ1) is 15.0. The first-order valence-electron chi connectivity index (χ1n) is 6.75. The first-order valence-corrected chi connectivity index (χ1v) is 6.75. The highest BCUT2D eigenvalue weighted by Crippen LogP contribution is 2.28. The lowest BCUT2D eigenvalue weighted by atomic mass is 10.2. The van der Waals surface area contributed by atoms with E-state index in [9.17, 15) is 9.90 Å². The molecule has 0 saturated carbocycles. The van der Waals surface area contributed by atoms with Crippen molar-refractivity contribution in [3.05, 3.63) is 24.0 Å². The van der Waals surface area contributed by atoms with Crippen LogP contribution in [0.5, 0.6) is 11.6 Å². The maximum atomic E-state index is 11.8. The molecule has 0 unspecified atom stereocenters. The standard InChI is InChI=1S/C15H18N2O4/c1-8(2)20-12-6-5-10-11(17-12)7-16-13(14(10)18)15(19)21-9(3)4/h5-9,18H,1-4H3. The maximum Gasteiger partial charge on any atom is 0.361 e. The van der Waals surface area contributed by atoms with Gasteiger partial charge in [0.2, 0.25) is 5.88 Å². The van der Waals surface area contributed by atoms with Crippen molar-refractivity contribution in [2.24, 2.45) is 0 Å². The van der Waals surface area contributed by atoms with E-state index in [0.29, 0.717) is 16.8 Å². The largest absolute Gasteiger partial charge is 0.505 e. The molecule has 0 amide bonds. The summed E-state index contributed by atoms with van der Waals surface area (Å²) in [5.74, 6) is -0.454. The quantitative estimate of drug-likeness (QED) is 0.872. The Hall–Kier alpha value is -2.37. The van der Waals surface area contributed by atoms with E-state index in [1.54, 1.807) is 26.0 Å². The minimum absolute atomic E-state index is 0.00296. The van der Waals surface area contributed by atoms with Crippen LogP contribution in [0.3, 0.4) is 0 Å². The molecule has 0 aliphatic rings. The third kappa shape index (κ3) is 3.39. The number of rotatable bonds is 4. The van der Waals surface area contributed by atoms with E-state index in [1.807, 2.05) is 13.8 Å². The number of aromatic hydroxyl groups is 1.